The maximum absolute atomic E-state index is 11.7. The number of ether oxygens (including phenoxy) is 1. The lowest BCUT2D eigenvalue weighted by atomic mass is 10.1. The van der Waals surface area contributed by atoms with E-state index in [4.69, 9.17) is 4.74 Å². The van der Waals surface area contributed by atoms with Crippen molar-refractivity contribution < 1.29 is 13.2 Å². The van der Waals surface area contributed by atoms with Gasteiger partial charge in [0.15, 0.2) is 5.96 Å². The van der Waals surface area contributed by atoms with Crippen molar-refractivity contribution in [3.8, 4) is 0 Å². The Morgan fingerprint density at radius 1 is 1.26 bits per heavy atom. The zero-order chi connectivity index (χ0) is 16.4. The topological polar surface area (TPSA) is 83.0 Å². The van der Waals surface area contributed by atoms with Crippen molar-refractivity contribution >= 4 is 40.0 Å². The van der Waals surface area contributed by atoms with Crippen LogP contribution >= 0.6 is 24.0 Å². The van der Waals surface area contributed by atoms with Crippen molar-refractivity contribution in [2.75, 3.05) is 52.2 Å². The predicted octanol–water partition coefficient (Wildman–Crippen LogP) is 0.868. The Kier molecular flexibility index (Phi) is 12.2. The van der Waals surface area contributed by atoms with Crippen molar-refractivity contribution in [2.45, 2.75) is 26.7 Å². The molecule has 0 radical (unpaired) electrons. The molecule has 0 unspecified atom stereocenters. The molecular formula is C14H31IN4O3S. The van der Waals surface area contributed by atoms with Gasteiger partial charge in [-0.25, -0.2) is 12.7 Å². The van der Waals surface area contributed by atoms with Crippen LogP contribution in [0, 0.1) is 5.92 Å². The molecule has 0 aromatic carbocycles. The average molecular weight is 462 g/mol. The zero-order valence-electron chi connectivity index (χ0n) is 14.4. The van der Waals surface area contributed by atoms with Gasteiger partial charge in [-0.1, -0.05) is 13.8 Å². The molecule has 0 spiro atoms. The van der Waals surface area contributed by atoms with Gasteiger partial charge in [0, 0.05) is 39.8 Å². The third-order valence-corrected chi connectivity index (χ3v) is 5.42. The van der Waals surface area contributed by atoms with Gasteiger partial charge in [-0.2, -0.15) is 0 Å². The number of nitrogens with zero attached hydrogens (tertiary/aromatic N) is 2. The summed E-state index contributed by atoms with van der Waals surface area (Å²) < 4.78 is 30.4. The van der Waals surface area contributed by atoms with Gasteiger partial charge in [-0.15, -0.1) is 24.0 Å². The summed E-state index contributed by atoms with van der Waals surface area (Å²) >= 11 is 0. The lowest BCUT2D eigenvalue weighted by Crippen LogP contribution is -2.42. The van der Waals surface area contributed by atoms with Crippen molar-refractivity contribution in [1.82, 2.24) is 14.9 Å². The van der Waals surface area contributed by atoms with Gasteiger partial charge >= 0.3 is 0 Å². The minimum atomic E-state index is -3.01. The summed E-state index contributed by atoms with van der Waals surface area (Å²) in [5, 5.41) is 6.27. The van der Waals surface area contributed by atoms with Gasteiger partial charge in [0.25, 0.3) is 0 Å². The van der Waals surface area contributed by atoms with E-state index in [1.54, 1.807) is 7.05 Å². The van der Waals surface area contributed by atoms with E-state index in [1.165, 1.54) is 4.31 Å². The molecule has 0 atom stereocenters. The van der Waals surface area contributed by atoms with E-state index in [0.717, 1.165) is 19.4 Å². The number of hydrogen-bond donors (Lipinski definition) is 2. The highest BCUT2D eigenvalue weighted by molar-refractivity contribution is 14.0. The first-order chi connectivity index (χ1) is 10.5. The molecule has 1 heterocycles. The zero-order valence-corrected chi connectivity index (χ0v) is 17.5. The summed E-state index contributed by atoms with van der Waals surface area (Å²) in [6.45, 7) is 8.09. The molecule has 23 heavy (non-hydrogen) atoms. The summed E-state index contributed by atoms with van der Waals surface area (Å²) in [6, 6.07) is 0. The van der Waals surface area contributed by atoms with Crippen LogP contribution in [0.2, 0.25) is 0 Å². The molecule has 138 valence electrons. The normalized spacial score (nSPS) is 18.0. The molecule has 1 rings (SSSR count). The molecule has 2 N–H and O–H groups in total. The van der Waals surface area contributed by atoms with E-state index >= 15 is 0 Å². The molecule has 7 nitrogen and oxygen atoms in total. The molecular weight excluding hydrogens is 431 g/mol. The van der Waals surface area contributed by atoms with E-state index in [-0.39, 0.29) is 29.7 Å². The third-order valence-electron chi connectivity index (χ3n) is 3.46. The van der Waals surface area contributed by atoms with E-state index in [2.05, 4.69) is 29.5 Å². The first kappa shape index (κ1) is 22.9. The fourth-order valence-electron chi connectivity index (χ4n) is 2.12. The van der Waals surface area contributed by atoms with Crippen LogP contribution < -0.4 is 10.6 Å². The van der Waals surface area contributed by atoms with Crippen LogP contribution in [-0.2, 0) is 14.8 Å². The molecule has 9 heteroatoms. The SMILES string of the molecule is CN=C(NCCOCCC(C)C)NCCN1CCCS1(=O)=O.I. The van der Waals surface area contributed by atoms with Gasteiger partial charge in [-0.05, 0) is 18.8 Å². The Balaban J connectivity index is 0.00000484. The second kappa shape index (κ2) is 12.3. The molecule has 1 fully saturated rings. The monoisotopic (exact) mass is 462 g/mol. The second-order valence-corrected chi connectivity index (χ2v) is 7.88. The van der Waals surface area contributed by atoms with Gasteiger partial charge in [0.2, 0.25) is 10.0 Å². The Bertz CT molecular complexity index is 443. The fraction of sp³-hybridized carbons (Fsp3) is 0.929. The number of rotatable bonds is 9. The molecule has 1 saturated heterocycles. The number of aliphatic imine (C=N–C) groups is 1. The van der Waals surface area contributed by atoms with Crippen LogP contribution in [0.1, 0.15) is 26.7 Å². The standard InChI is InChI=1S/C14H30N4O3S.HI/c1-13(2)5-10-21-11-7-17-14(15-3)16-6-9-18-8-4-12-22(18,19)20;/h13H,4-12H2,1-3H3,(H2,15,16,17);1H. The van der Waals surface area contributed by atoms with E-state index in [1.807, 2.05) is 0 Å². The van der Waals surface area contributed by atoms with E-state index < -0.39 is 10.0 Å². The molecule has 0 aromatic heterocycles. The summed E-state index contributed by atoms with van der Waals surface area (Å²) in [7, 11) is -1.32. The second-order valence-electron chi connectivity index (χ2n) is 5.79. The average Bonchev–Trinajstić information content (AvgIpc) is 2.79. The van der Waals surface area contributed by atoms with Crippen LogP contribution in [-0.4, -0.2) is 70.9 Å². The Morgan fingerprint density at radius 2 is 1.96 bits per heavy atom. The lowest BCUT2D eigenvalue weighted by Gasteiger charge is -2.16. The Morgan fingerprint density at radius 3 is 2.52 bits per heavy atom. The molecule has 0 aliphatic carbocycles. The minimum Gasteiger partial charge on any atom is -0.380 e. The Labute approximate surface area is 157 Å². The summed E-state index contributed by atoms with van der Waals surface area (Å²) in [5.74, 6) is 1.60. The number of sulfonamides is 1. The van der Waals surface area contributed by atoms with Crippen molar-refractivity contribution in [2.24, 2.45) is 10.9 Å². The molecule has 1 aliphatic rings. The van der Waals surface area contributed by atoms with Gasteiger partial charge < -0.3 is 15.4 Å². The third kappa shape index (κ3) is 9.68. The molecule has 0 bridgehead atoms. The number of halogens is 1. The Hall–Kier alpha value is -0.130. The summed E-state index contributed by atoms with van der Waals surface area (Å²) in [6.07, 6.45) is 1.79. The highest BCUT2D eigenvalue weighted by Crippen LogP contribution is 2.11. The highest BCUT2D eigenvalue weighted by Gasteiger charge is 2.27. The van der Waals surface area contributed by atoms with Crippen LogP contribution in [0.3, 0.4) is 0 Å². The molecule has 0 aromatic rings. The molecule has 1 aliphatic heterocycles. The maximum Gasteiger partial charge on any atom is 0.214 e. The largest absolute Gasteiger partial charge is 0.380 e. The highest BCUT2D eigenvalue weighted by atomic mass is 127. The minimum absolute atomic E-state index is 0. The van der Waals surface area contributed by atoms with Crippen LogP contribution in [0.5, 0.6) is 0 Å². The first-order valence-electron chi connectivity index (χ1n) is 7.96. The fourth-order valence-corrected chi connectivity index (χ4v) is 3.65. The van der Waals surface area contributed by atoms with Gasteiger partial charge in [0.05, 0.1) is 12.4 Å². The number of hydrogen-bond acceptors (Lipinski definition) is 4. The molecule has 0 saturated carbocycles. The summed E-state index contributed by atoms with van der Waals surface area (Å²) in [5.41, 5.74) is 0. The van der Waals surface area contributed by atoms with Crippen LogP contribution in [0.15, 0.2) is 4.99 Å². The maximum atomic E-state index is 11.7. The molecule has 0 amide bonds. The first-order valence-corrected chi connectivity index (χ1v) is 9.56. The van der Waals surface area contributed by atoms with Crippen LogP contribution in [0.4, 0.5) is 0 Å². The van der Waals surface area contributed by atoms with E-state index in [0.29, 0.717) is 44.7 Å². The quantitative estimate of drug-likeness (QED) is 0.230. The van der Waals surface area contributed by atoms with Crippen molar-refractivity contribution in [3.63, 3.8) is 0 Å². The summed E-state index contributed by atoms with van der Waals surface area (Å²) in [4.78, 5) is 4.11. The lowest BCUT2D eigenvalue weighted by molar-refractivity contribution is 0.128. The van der Waals surface area contributed by atoms with E-state index in [9.17, 15) is 8.42 Å². The van der Waals surface area contributed by atoms with Gasteiger partial charge in [-0.3, -0.25) is 4.99 Å². The van der Waals surface area contributed by atoms with Crippen LogP contribution in [0.25, 0.3) is 0 Å². The number of nitrogens with one attached hydrogen (secondary N) is 2. The smallest absolute Gasteiger partial charge is 0.214 e. The van der Waals surface area contributed by atoms with Crippen molar-refractivity contribution in [1.29, 1.82) is 0 Å². The predicted molar refractivity (Wildman–Crippen MR) is 105 cm³/mol. The van der Waals surface area contributed by atoms with Gasteiger partial charge in [0.1, 0.15) is 0 Å². The van der Waals surface area contributed by atoms with Crippen molar-refractivity contribution in [3.05, 3.63) is 0 Å². The number of guanidine groups is 1.